The fraction of sp³-hybridized carbons (Fsp3) is 0.867. The van der Waals surface area contributed by atoms with Crippen molar-refractivity contribution in [3.05, 3.63) is 12.7 Å². The lowest BCUT2D eigenvalue weighted by Crippen LogP contribution is -2.22. The summed E-state index contributed by atoms with van der Waals surface area (Å²) in [6.07, 6.45) is 8.43. The molecule has 0 heterocycles. The van der Waals surface area contributed by atoms with Crippen LogP contribution in [-0.4, -0.2) is 11.2 Å². The summed E-state index contributed by atoms with van der Waals surface area (Å²) < 4.78 is 0. The van der Waals surface area contributed by atoms with E-state index >= 15 is 0 Å². The minimum atomic E-state index is -0.113. The minimum absolute atomic E-state index is 0.113. The average molecular weight is 226 g/mol. The molecule has 0 amide bonds. The van der Waals surface area contributed by atoms with Gasteiger partial charge in [0.1, 0.15) is 0 Å². The number of aliphatic hydroxyl groups is 1. The van der Waals surface area contributed by atoms with E-state index in [-0.39, 0.29) is 6.10 Å². The van der Waals surface area contributed by atoms with E-state index in [9.17, 15) is 5.11 Å². The van der Waals surface area contributed by atoms with Gasteiger partial charge in [-0.2, -0.15) is 0 Å². The maximum Gasteiger partial charge on any atom is 0.0543 e. The zero-order valence-corrected chi connectivity index (χ0v) is 11.6. The highest BCUT2D eigenvalue weighted by Gasteiger charge is 2.22. The van der Waals surface area contributed by atoms with Crippen LogP contribution >= 0.6 is 0 Å². The van der Waals surface area contributed by atoms with Crippen LogP contribution in [0.15, 0.2) is 12.7 Å². The molecule has 0 aromatic rings. The van der Waals surface area contributed by atoms with Crippen molar-refractivity contribution in [1.82, 2.24) is 0 Å². The minimum Gasteiger partial charge on any atom is -0.393 e. The molecular formula is C15H30O. The smallest absolute Gasteiger partial charge is 0.0543 e. The second-order valence-corrected chi connectivity index (χ2v) is 6.08. The first-order valence-electron chi connectivity index (χ1n) is 6.67. The Bertz CT molecular complexity index is 178. The first-order chi connectivity index (χ1) is 7.38. The van der Waals surface area contributed by atoms with Gasteiger partial charge in [-0.1, -0.05) is 46.6 Å². The standard InChI is InChI=1S/C15H30O/c1-6-7-8-9-10-11-14(16)12-13(2)15(3,4)5/h6,13-14,16H,1,7-12H2,2-5H3. The van der Waals surface area contributed by atoms with Gasteiger partial charge in [0.2, 0.25) is 0 Å². The average Bonchev–Trinajstić information content (AvgIpc) is 2.16. The SMILES string of the molecule is C=CCCCCCC(O)CC(C)C(C)(C)C. The van der Waals surface area contributed by atoms with Gasteiger partial charge in [-0.3, -0.25) is 0 Å². The summed E-state index contributed by atoms with van der Waals surface area (Å²) in [7, 11) is 0. The van der Waals surface area contributed by atoms with E-state index in [4.69, 9.17) is 0 Å². The molecule has 0 bridgehead atoms. The predicted molar refractivity (Wildman–Crippen MR) is 72.5 cm³/mol. The Morgan fingerprint density at radius 3 is 2.31 bits per heavy atom. The van der Waals surface area contributed by atoms with Crippen LogP contribution in [-0.2, 0) is 0 Å². The number of allylic oxidation sites excluding steroid dienone is 1. The van der Waals surface area contributed by atoms with Gasteiger partial charge < -0.3 is 5.11 Å². The summed E-state index contributed by atoms with van der Waals surface area (Å²) in [6, 6.07) is 0. The van der Waals surface area contributed by atoms with Crippen LogP contribution in [0, 0.1) is 11.3 Å². The number of aliphatic hydroxyl groups excluding tert-OH is 1. The van der Waals surface area contributed by atoms with Gasteiger partial charge in [0.25, 0.3) is 0 Å². The zero-order chi connectivity index (χ0) is 12.6. The van der Waals surface area contributed by atoms with Gasteiger partial charge in [0.15, 0.2) is 0 Å². The van der Waals surface area contributed by atoms with Gasteiger partial charge in [-0.05, 0) is 37.0 Å². The molecule has 0 aromatic carbocycles. The molecule has 0 aromatic heterocycles. The second kappa shape index (κ2) is 7.89. The van der Waals surface area contributed by atoms with Crippen molar-refractivity contribution in [2.45, 2.75) is 72.3 Å². The number of hydrogen-bond acceptors (Lipinski definition) is 1. The van der Waals surface area contributed by atoms with Gasteiger partial charge >= 0.3 is 0 Å². The zero-order valence-electron chi connectivity index (χ0n) is 11.6. The third-order valence-corrected chi connectivity index (χ3v) is 3.55. The van der Waals surface area contributed by atoms with E-state index < -0.39 is 0 Å². The van der Waals surface area contributed by atoms with Crippen molar-refractivity contribution in [2.24, 2.45) is 11.3 Å². The fourth-order valence-corrected chi connectivity index (χ4v) is 1.72. The Balaban J connectivity index is 3.58. The monoisotopic (exact) mass is 226 g/mol. The molecule has 1 N–H and O–H groups in total. The third-order valence-electron chi connectivity index (χ3n) is 3.55. The lowest BCUT2D eigenvalue weighted by molar-refractivity contribution is 0.101. The first kappa shape index (κ1) is 15.7. The van der Waals surface area contributed by atoms with Crippen LogP contribution in [0.1, 0.15) is 66.2 Å². The van der Waals surface area contributed by atoms with E-state index in [1.807, 2.05) is 6.08 Å². The maximum atomic E-state index is 9.92. The second-order valence-electron chi connectivity index (χ2n) is 6.08. The molecule has 0 rings (SSSR count). The van der Waals surface area contributed by atoms with Crippen molar-refractivity contribution < 1.29 is 5.11 Å². The number of rotatable bonds is 8. The van der Waals surface area contributed by atoms with Gasteiger partial charge in [0.05, 0.1) is 6.10 Å². The van der Waals surface area contributed by atoms with E-state index in [1.165, 1.54) is 12.8 Å². The molecule has 16 heavy (non-hydrogen) atoms. The molecule has 1 heteroatoms. The maximum absolute atomic E-state index is 9.92. The molecule has 0 fully saturated rings. The lowest BCUT2D eigenvalue weighted by atomic mass is 9.78. The third kappa shape index (κ3) is 7.92. The van der Waals surface area contributed by atoms with Crippen molar-refractivity contribution in [3.63, 3.8) is 0 Å². The van der Waals surface area contributed by atoms with Crippen LogP contribution in [0.4, 0.5) is 0 Å². The Morgan fingerprint density at radius 1 is 1.19 bits per heavy atom. The van der Waals surface area contributed by atoms with E-state index in [2.05, 4.69) is 34.3 Å². The highest BCUT2D eigenvalue weighted by Crippen LogP contribution is 2.29. The first-order valence-corrected chi connectivity index (χ1v) is 6.67. The quantitative estimate of drug-likeness (QED) is 0.475. The molecule has 0 aliphatic carbocycles. The molecular weight excluding hydrogens is 196 g/mol. The highest BCUT2D eigenvalue weighted by molar-refractivity contribution is 4.73. The number of hydrogen-bond donors (Lipinski definition) is 1. The van der Waals surface area contributed by atoms with Crippen LogP contribution in [0.3, 0.4) is 0 Å². The molecule has 0 saturated carbocycles. The summed E-state index contributed by atoms with van der Waals surface area (Å²) in [6.45, 7) is 12.7. The van der Waals surface area contributed by atoms with Crippen molar-refractivity contribution in [2.75, 3.05) is 0 Å². The fourth-order valence-electron chi connectivity index (χ4n) is 1.72. The summed E-state index contributed by atoms with van der Waals surface area (Å²) in [4.78, 5) is 0. The van der Waals surface area contributed by atoms with Gasteiger partial charge in [0, 0.05) is 0 Å². The van der Waals surface area contributed by atoms with Crippen molar-refractivity contribution in [1.29, 1.82) is 0 Å². The van der Waals surface area contributed by atoms with Crippen LogP contribution in [0.2, 0.25) is 0 Å². The van der Waals surface area contributed by atoms with Crippen LogP contribution < -0.4 is 0 Å². The van der Waals surface area contributed by atoms with Crippen molar-refractivity contribution >= 4 is 0 Å². The predicted octanol–water partition coefficient (Wildman–Crippen LogP) is 4.56. The molecule has 0 saturated heterocycles. The normalized spacial score (nSPS) is 15.8. The summed E-state index contributed by atoms with van der Waals surface area (Å²) in [5.41, 5.74) is 0.309. The van der Waals surface area contributed by atoms with Crippen LogP contribution in [0.5, 0.6) is 0 Å². The number of unbranched alkanes of at least 4 members (excludes halogenated alkanes) is 3. The van der Waals surface area contributed by atoms with E-state index in [0.29, 0.717) is 11.3 Å². The Hall–Kier alpha value is -0.300. The van der Waals surface area contributed by atoms with Crippen molar-refractivity contribution in [3.8, 4) is 0 Å². The van der Waals surface area contributed by atoms with E-state index in [1.54, 1.807) is 0 Å². The molecule has 0 aliphatic rings. The Morgan fingerprint density at radius 2 is 1.81 bits per heavy atom. The molecule has 1 nitrogen and oxygen atoms in total. The van der Waals surface area contributed by atoms with Gasteiger partial charge in [-0.15, -0.1) is 6.58 Å². The molecule has 0 aliphatic heterocycles. The molecule has 96 valence electrons. The molecule has 0 radical (unpaired) electrons. The summed E-state index contributed by atoms with van der Waals surface area (Å²) >= 11 is 0. The summed E-state index contributed by atoms with van der Waals surface area (Å²) in [5, 5.41) is 9.92. The molecule has 0 spiro atoms. The molecule has 2 unspecified atom stereocenters. The molecule has 2 atom stereocenters. The Kier molecular flexibility index (Phi) is 7.74. The lowest BCUT2D eigenvalue weighted by Gasteiger charge is -2.29. The largest absolute Gasteiger partial charge is 0.393 e. The van der Waals surface area contributed by atoms with Crippen LogP contribution in [0.25, 0.3) is 0 Å². The summed E-state index contributed by atoms with van der Waals surface area (Å²) in [5.74, 6) is 0.579. The van der Waals surface area contributed by atoms with Gasteiger partial charge in [-0.25, -0.2) is 0 Å². The highest BCUT2D eigenvalue weighted by atomic mass is 16.3. The van der Waals surface area contributed by atoms with E-state index in [0.717, 1.165) is 25.7 Å². The Labute approximate surface area is 102 Å². The topological polar surface area (TPSA) is 20.2 Å².